The van der Waals surface area contributed by atoms with Crippen LogP contribution in [0.5, 0.6) is 0 Å². The molecule has 1 aromatic carbocycles. The number of carbonyl (C=O) groups is 1. The van der Waals surface area contributed by atoms with Gasteiger partial charge in [-0.1, -0.05) is 20.8 Å². The van der Waals surface area contributed by atoms with Gasteiger partial charge in [0, 0.05) is 51.8 Å². The van der Waals surface area contributed by atoms with Gasteiger partial charge in [0.2, 0.25) is 15.9 Å². The van der Waals surface area contributed by atoms with Crippen LogP contribution in [0, 0.1) is 10.1 Å². The van der Waals surface area contributed by atoms with Crippen molar-refractivity contribution < 1.29 is 18.1 Å². The second kappa shape index (κ2) is 8.66. The molecule has 150 valence electrons. The number of piperazine rings is 1. The molecule has 0 atom stereocenters. The number of benzene rings is 1. The first-order chi connectivity index (χ1) is 12.8. The maximum absolute atomic E-state index is 12.7. The molecule has 0 saturated carbocycles. The lowest BCUT2D eigenvalue weighted by Crippen LogP contribution is -2.48. The Hall–Kier alpha value is -2.20. The van der Waals surface area contributed by atoms with E-state index in [0.29, 0.717) is 51.4 Å². The number of sulfonamides is 1. The summed E-state index contributed by atoms with van der Waals surface area (Å²) in [7, 11) is -3.77. The van der Waals surface area contributed by atoms with Crippen molar-refractivity contribution in [1.82, 2.24) is 9.21 Å². The van der Waals surface area contributed by atoms with E-state index in [1.54, 1.807) is 25.7 Å². The van der Waals surface area contributed by atoms with Gasteiger partial charge < -0.3 is 9.80 Å². The molecule has 1 amide bonds. The van der Waals surface area contributed by atoms with Crippen LogP contribution < -0.4 is 4.90 Å². The molecule has 0 N–H and O–H groups in total. The Morgan fingerprint density at radius 3 is 2.22 bits per heavy atom. The Morgan fingerprint density at radius 1 is 1.15 bits per heavy atom. The van der Waals surface area contributed by atoms with Crippen LogP contribution in [0.1, 0.15) is 27.2 Å². The number of hydrogen-bond donors (Lipinski definition) is 0. The summed E-state index contributed by atoms with van der Waals surface area (Å²) >= 11 is 0. The van der Waals surface area contributed by atoms with E-state index in [4.69, 9.17) is 0 Å². The largest absolute Gasteiger partial charge is 0.362 e. The smallest absolute Gasteiger partial charge is 0.293 e. The molecule has 9 nitrogen and oxygen atoms in total. The third-order valence-corrected chi connectivity index (χ3v) is 6.81. The van der Waals surface area contributed by atoms with Gasteiger partial charge in [-0.3, -0.25) is 14.9 Å². The molecule has 10 heteroatoms. The molecule has 1 saturated heterocycles. The molecule has 0 unspecified atom stereocenters. The van der Waals surface area contributed by atoms with Crippen molar-refractivity contribution in [2.75, 3.05) is 44.2 Å². The number of amides is 1. The van der Waals surface area contributed by atoms with E-state index in [1.807, 2.05) is 4.90 Å². The number of anilines is 1. The first kappa shape index (κ1) is 21.1. The van der Waals surface area contributed by atoms with Gasteiger partial charge in [-0.2, -0.15) is 4.31 Å². The zero-order valence-electron chi connectivity index (χ0n) is 15.9. The van der Waals surface area contributed by atoms with E-state index in [9.17, 15) is 23.3 Å². The van der Waals surface area contributed by atoms with E-state index in [-0.39, 0.29) is 16.5 Å². The number of rotatable bonds is 7. The Bertz CT molecular complexity index is 800. The first-order valence-electron chi connectivity index (χ1n) is 9.07. The molecule has 0 bridgehead atoms. The summed E-state index contributed by atoms with van der Waals surface area (Å²) in [5.74, 6) is 0.0600. The minimum absolute atomic E-state index is 0.0600. The summed E-state index contributed by atoms with van der Waals surface area (Å²) in [5.41, 5.74) is 0.139. The quantitative estimate of drug-likeness (QED) is 0.511. The molecule has 1 fully saturated rings. The highest BCUT2D eigenvalue weighted by atomic mass is 32.2. The Kier molecular flexibility index (Phi) is 6.77. The molecule has 1 heterocycles. The van der Waals surface area contributed by atoms with Gasteiger partial charge in [0.25, 0.3) is 5.69 Å². The summed E-state index contributed by atoms with van der Waals surface area (Å²) in [6.45, 7) is 7.75. The lowest BCUT2D eigenvalue weighted by atomic mass is 10.2. The van der Waals surface area contributed by atoms with E-state index < -0.39 is 14.9 Å². The average molecular weight is 398 g/mol. The molecule has 1 aliphatic heterocycles. The molecule has 1 aromatic rings. The molecular weight excluding hydrogens is 372 g/mol. The highest BCUT2D eigenvalue weighted by Crippen LogP contribution is 2.32. The fraction of sp³-hybridized carbons (Fsp3) is 0.588. The third kappa shape index (κ3) is 4.38. The minimum Gasteiger partial charge on any atom is -0.362 e. The van der Waals surface area contributed by atoms with E-state index >= 15 is 0 Å². The van der Waals surface area contributed by atoms with Crippen molar-refractivity contribution in [2.45, 2.75) is 32.1 Å². The van der Waals surface area contributed by atoms with Crippen molar-refractivity contribution in [2.24, 2.45) is 0 Å². The van der Waals surface area contributed by atoms with Gasteiger partial charge in [0.1, 0.15) is 5.69 Å². The van der Waals surface area contributed by atoms with Gasteiger partial charge in [-0.15, -0.1) is 0 Å². The van der Waals surface area contributed by atoms with E-state index in [1.165, 1.54) is 16.4 Å². The van der Waals surface area contributed by atoms with Crippen molar-refractivity contribution in [1.29, 1.82) is 0 Å². The molecule has 1 aliphatic rings. The molecule has 0 radical (unpaired) electrons. The molecular formula is C17H26N4O5S. The summed E-state index contributed by atoms with van der Waals surface area (Å²) in [6, 6.07) is 4.04. The third-order valence-electron chi connectivity index (χ3n) is 4.76. The molecule has 0 aliphatic carbocycles. The zero-order chi connectivity index (χ0) is 20.2. The van der Waals surface area contributed by atoms with Crippen molar-refractivity contribution in [3.63, 3.8) is 0 Å². The predicted molar refractivity (Wildman–Crippen MR) is 102 cm³/mol. The van der Waals surface area contributed by atoms with Gasteiger partial charge in [0.05, 0.1) is 9.82 Å². The maximum Gasteiger partial charge on any atom is 0.293 e. The van der Waals surface area contributed by atoms with Gasteiger partial charge in [0.15, 0.2) is 0 Å². The van der Waals surface area contributed by atoms with E-state index in [2.05, 4.69) is 0 Å². The van der Waals surface area contributed by atoms with Crippen LogP contribution in [0.2, 0.25) is 0 Å². The SMILES string of the molecule is CCC(=O)N1CCN(c2ccc(S(=O)(=O)N(CC)CC)cc2[N+](=O)[O-])CC1. The van der Waals surface area contributed by atoms with Gasteiger partial charge in [-0.25, -0.2) is 8.42 Å². The Balaban J connectivity index is 2.32. The van der Waals surface area contributed by atoms with Crippen LogP contribution in [0.25, 0.3) is 0 Å². The fourth-order valence-corrected chi connectivity index (χ4v) is 4.69. The molecule has 0 spiro atoms. The second-order valence-electron chi connectivity index (χ2n) is 6.22. The molecule has 2 rings (SSSR count). The van der Waals surface area contributed by atoms with Crippen molar-refractivity contribution in [3.05, 3.63) is 28.3 Å². The standard InChI is InChI=1S/C17H26N4O5S/c1-4-17(22)19-11-9-18(10-12-19)15-8-7-14(13-16(15)21(23)24)27(25,26)20(5-2)6-3/h7-8,13H,4-6,9-12H2,1-3H3. The van der Waals surface area contributed by atoms with Crippen molar-refractivity contribution >= 4 is 27.3 Å². The topological polar surface area (TPSA) is 104 Å². The lowest BCUT2D eigenvalue weighted by Gasteiger charge is -2.35. The number of carbonyl (C=O) groups excluding carboxylic acids is 1. The van der Waals surface area contributed by atoms with Crippen molar-refractivity contribution in [3.8, 4) is 0 Å². The monoisotopic (exact) mass is 398 g/mol. The summed E-state index contributed by atoms with van der Waals surface area (Å²) in [6.07, 6.45) is 0.429. The zero-order valence-corrected chi connectivity index (χ0v) is 16.7. The van der Waals surface area contributed by atoms with Crippen LogP contribution in [-0.4, -0.2) is 67.7 Å². The summed E-state index contributed by atoms with van der Waals surface area (Å²) < 4.78 is 26.6. The van der Waals surface area contributed by atoms with Crippen LogP contribution in [0.3, 0.4) is 0 Å². The van der Waals surface area contributed by atoms with E-state index in [0.717, 1.165) is 6.07 Å². The number of nitro groups is 1. The minimum atomic E-state index is -3.77. The normalized spacial score (nSPS) is 15.3. The average Bonchev–Trinajstić information content (AvgIpc) is 2.67. The predicted octanol–water partition coefficient (Wildman–Crippen LogP) is 1.68. The summed E-state index contributed by atoms with van der Waals surface area (Å²) in [5, 5.41) is 11.6. The first-order valence-corrected chi connectivity index (χ1v) is 10.5. The Labute approximate surface area is 159 Å². The van der Waals surface area contributed by atoms with Crippen LogP contribution in [0.15, 0.2) is 23.1 Å². The fourth-order valence-electron chi connectivity index (χ4n) is 3.21. The number of nitrogens with zero attached hydrogens (tertiary/aromatic N) is 4. The molecule has 27 heavy (non-hydrogen) atoms. The van der Waals surface area contributed by atoms with Gasteiger partial charge in [-0.05, 0) is 12.1 Å². The van der Waals surface area contributed by atoms with Crippen LogP contribution in [-0.2, 0) is 14.8 Å². The summed E-state index contributed by atoms with van der Waals surface area (Å²) in [4.78, 5) is 26.3. The molecule has 0 aromatic heterocycles. The highest BCUT2D eigenvalue weighted by Gasteiger charge is 2.29. The second-order valence-corrected chi connectivity index (χ2v) is 8.16. The lowest BCUT2D eigenvalue weighted by molar-refractivity contribution is -0.384. The number of nitro benzene ring substituents is 1. The number of hydrogen-bond acceptors (Lipinski definition) is 6. The maximum atomic E-state index is 12.7. The van der Waals surface area contributed by atoms with Crippen LogP contribution >= 0.6 is 0 Å². The van der Waals surface area contributed by atoms with Crippen LogP contribution in [0.4, 0.5) is 11.4 Å². The van der Waals surface area contributed by atoms with Gasteiger partial charge >= 0.3 is 0 Å². The Morgan fingerprint density at radius 2 is 1.74 bits per heavy atom. The highest BCUT2D eigenvalue weighted by molar-refractivity contribution is 7.89.